The van der Waals surface area contributed by atoms with E-state index in [1.807, 2.05) is 29.2 Å². The number of amides is 1. The number of nitrogens with one attached hydrogen (secondary N) is 1. The Morgan fingerprint density at radius 2 is 1.82 bits per heavy atom. The van der Waals surface area contributed by atoms with Crippen LogP contribution in [0.3, 0.4) is 0 Å². The van der Waals surface area contributed by atoms with E-state index >= 15 is 0 Å². The van der Waals surface area contributed by atoms with Crippen LogP contribution in [0, 0.1) is 0 Å². The molecule has 0 bridgehead atoms. The minimum Gasteiger partial charge on any atom is -0.397 e. The molecular formula is C27H33N5O. The first-order chi connectivity index (χ1) is 16.0. The average Bonchev–Trinajstić information content (AvgIpc) is 3.17. The van der Waals surface area contributed by atoms with Gasteiger partial charge in [-0.15, -0.1) is 0 Å². The number of hydrogen-bond acceptors (Lipinski definition) is 5. The lowest BCUT2D eigenvalue weighted by Gasteiger charge is -2.29. The third kappa shape index (κ3) is 4.30. The Kier molecular flexibility index (Phi) is 5.75. The van der Waals surface area contributed by atoms with Crippen LogP contribution in [0.25, 0.3) is 0 Å². The molecule has 3 aliphatic heterocycles. The van der Waals surface area contributed by atoms with E-state index in [2.05, 4.69) is 59.6 Å². The second-order valence-corrected chi connectivity index (χ2v) is 9.38. The molecule has 0 radical (unpaired) electrons. The van der Waals surface area contributed by atoms with E-state index in [4.69, 9.17) is 5.73 Å². The summed E-state index contributed by atoms with van der Waals surface area (Å²) in [5, 5.41) is 3.51. The number of nitrogen functional groups attached to an aromatic ring is 1. The van der Waals surface area contributed by atoms with Crippen LogP contribution in [0.5, 0.6) is 0 Å². The smallest absolute Gasteiger partial charge is 0.258 e. The number of likely N-dealkylation sites (N-methyl/N-ethyl adjacent to an activating group) is 1. The molecule has 1 atom stereocenters. The van der Waals surface area contributed by atoms with Crippen LogP contribution in [0.2, 0.25) is 0 Å². The average molecular weight is 444 g/mol. The SMILES string of the molecule is CC(Nc1ccc(N2Cc3cc(N4CCCCC4)ccc3C2=O)cc1N)C1=CCN(C)C=C1. The van der Waals surface area contributed by atoms with Gasteiger partial charge in [-0.3, -0.25) is 4.79 Å². The summed E-state index contributed by atoms with van der Waals surface area (Å²) in [6.07, 6.45) is 10.2. The second-order valence-electron chi connectivity index (χ2n) is 9.38. The van der Waals surface area contributed by atoms with Crippen LogP contribution in [-0.4, -0.2) is 43.5 Å². The molecule has 1 fully saturated rings. The number of carbonyl (C=O) groups excluding carboxylic acids is 1. The van der Waals surface area contributed by atoms with Crippen molar-refractivity contribution in [1.29, 1.82) is 0 Å². The quantitative estimate of drug-likeness (QED) is 0.661. The second kappa shape index (κ2) is 8.85. The van der Waals surface area contributed by atoms with Crippen molar-refractivity contribution >= 4 is 28.7 Å². The topological polar surface area (TPSA) is 64.8 Å². The molecule has 0 saturated carbocycles. The summed E-state index contributed by atoms with van der Waals surface area (Å²) in [7, 11) is 2.06. The number of benzene rings is 2. The lowest BCUT2D eigenvalue weighted by atomic mass is 10.1. The number of hydrogen-bond donors (Lipinski definition) is 2. The zero-order valence-electron chi connectivity index (χ0n) is 19.6. The summed E-state index contributed by atoms with van der Waals surface area (Å²) in [5.74, 6) is 0.0466. The van der Waals surface area contributed by atoms with Gasteiger partial charge in [-0.1, -0.05) is 6.08 Å². The van der Waals surface area contributed by atoms with E-state index in [1.165, 1.54) is 30.5 Å². The monoisotopic (exact) mass is 443 g/mol. The summed E-state index contributed by atoms with van der Waals surface area (Å²) in [5.41, 5.74) is 13.1. The fourth-order valence-corrected chi connectivity index (χ4v) is 4.94. The normalized spacial score (nSPS) is 18.9. The summed E-state index contributed by atoms with van der Waals surface area (Å²) >= 11 is 0. The molecule has 3 heterocycles. The number of rotatable bonds is 5. The van der Waals surface area contributed by atoms with Gasteiger partial charge in [0.05, 0.1) is 17.9 Å². The van der Waals surface area contributed by atoms with E-state index < -0.39 is 0 Å². The largest absolute Gasteiger partial charge is 0.397 e. The molecule has 3 N–H and O–H groups in total. The molecule has 0 aromatic heterocycles. The van der Waals surface area contributed by atoms with E-state index in [-0.39, 0.29) is 11.9 Å². The van der Waals surface area contributed by atoms with Crippen molar-refractivity contribution in [3.8, 4) is 0 Å². The molecule has 6 nitrogen and oxygen atoms in total. The van der Waals surface area contributed by atoms with Gasteiger partial charge >= 0.3 is 0 Å². The molecule has 2 aromatic rings. The molecule has 6 heteroatoms. The summed E-state index contributed by atoms with van der Waals surface area (Å²) in [4.78, 5) is 19.5. The van der Waals surface area contributed by atoms with Crippen molar-refractivity contribution in [2.75, 3.05) is 47.5 Å². The first-order valence-electron chi connectivity index (χ1n) is 11.9. The number of nitrogens with two attached hydrogens (primary N) is 1. The van der Waals surface area contributed by atoms with Crippen LogP contribution in [0.1, 0.15) is 42.1 Å². The highest BCUT2D eigenvalue weighted by Gasteiger charge is 2.29. The van der Waals surface area contributed by atoms with Gasteiger partial charge in [0.25, 0.3) is 5.91 Å². The molecular weight excluding hydrogens is 410 g/mol. The Labute approximate surface area is 196 Å². The van der Waals surface area contributed by atoms with Crippen LogP contribution < -0.4 is 20.9 Å². The first kappa shape index (κ1) is 21.4. The fraction of sp³-hybridized carbons (Fsp3) is 0.370. The van der Waals surface area contributed by atoms with E-state index in [1.54, 1.807) is 0 Å². The zero-order valence-corrected chi connectivity index (χ0v) is 19.6. The standard InChI is InChI=1S/C27H33N5O/c1-19(20-10-14-30(2)15-11-20)29-26-9-7-23(17-25(26)28)32-18-21-16-22(6-8-24(21)27(32)33)31-12-4-3-5-13-31/h6-11,14,16-17,19,29H,3-5,12-13,15,18,28H2,1-2H3. The van der Waals surface area contributed by atoms with Crippen molar-refractivity contribution < 1.29 is 4.79 Å². The zero-order chi connectivity index (χ0) is 22.9. The van der Waals surface area contributed by atoms with Gasteiger partial charge in [-0.25, -0.2) is 0 Å². The van der Waals surface area contributed by atoms with Crippen molar-refractivity contribution in [3.63, 3.8) is 0 Å². The number of nitrogens with zero attached hydrogens (tertiary/aromatic N) is 3. The van der Waals surface area contributed by atoms with Gasteiger partial charge in [0.2, 0.25) is 0 Å². The molecule has 5 rings (SSSR count). The number of carbonyl (C=O) groups is 1. The minimum atomic E-state index is 0.0466. The molecule has 1 saturated heterocycles. The van der Waals surface area contributed by atoms with Crippen LogP contribution in [0.4, 0.5) is 22.7 Å². The lowest BCUT2D eigenvalue weighted by Crippen LogP contribution is -2.29. The lowest BCUT2D eigenvalue weighted by molar-refractivity contribution is 0.0996. The molecule has 172 valence electrons. The molecule has 1 amide bonds. The molecule has 0 spiro atoms. The fourth-order valence-electron chi connectivity index (χ4n) is 4.94. The Morgan fingerprint density at radius 1 is 1.03 bits per heavy atom. The molecule has 2 aromatic carbocycles. The highest BCUT2D eigenvalue weighted by Crippen LogP contribution is 2.34. The number of piperidine rings is 1. The van der Waals surface area contributed by atoms with Crippen molar-refractivity contribution in [2.45, 2.75) is 38.8 Å². The van der Waals surface area contributed by atoms with Crippen LogP contribution in [0.15, 0.2) is 60.3 Å². The third-order valence-electron chi connectivity index (χ3n) is 6.97. The molecule has 1 unspecified atom stereocenters. The molecule has 33 heavy (non-hydrogen) atoms. The van der Waals surface area contributed by atoms with E-state index in [0.717, 1.165) is 42.1 Å². The van der Waals surface area contributed by atoms with Gasteiger partial charge in [-0.05, 0) is 86.0 Å². The van der Waals surface area contributed by atoms with Gasteiger partial charge in [0.1, 0.15) is 0 Å². The van der Waals surface area contributed by atoms with Gasteiger partial charge in [0, 0.05) is 49.7 Å². The Bertz CT molecular complexity index is 1120. The van der Waals surface area contributed by atoms with Crippen molar-refractivity contribution in [1.82, 2.24) is 4.90 Å². The third-order valence-corrected chi connectivity index (χ3v) is 6.97. The van der Waals surface area contributed by atoms with E-state index in [9.17, 15) is 4.79 Å². The highest BCUT2D eigenvalue weighted by molar-refractivity contribution is 6.10. The maximum absolute atomic E-state index is 13.1. The van der Waals surface area contributed by atoms with Crippen molar-refractivity contribution in [3.05, 3.63) is 71.5 Å². The Morgan fingerprint density at radius 3 is 2.55 bits per heavy atom. The maximum Gasteiger partial charge on any atom is 0.258 e. The predicted molar refractivity (Wildman–Crippen MR) is 137 cm³/mol. The van der Waals surface area contributed by atoms with Crippen LogP contribution in [-0.2, 0) is 6.54 Å². The summed E-state index contributed by atoms with van der Waals surface area (Å²) in [6, 6.07) is 12.3. The van der Waals surface area contributed by atoms with E-state index in [0.29, 0.717) is 12.2 Å². The first-order valence-corrected chi connectivity index (χ1v) is 11.9. The number of anilines is 4. The van der Waals surface area contributed by atoms with Gasteiger partial charge in [-0.2, -0.15) is 0 Å². The maximum atomic E-state index is 13.1. The molecule has 3 aliphatic rings. The van der Waals surface area contributed by atoms with Gasteiger partial charge in [0.15, 0.2) is 0 Å². The Hall–Kier alpha value is -3.41. The predicted octanol–water partition coefficient (Wildman–Crippen LogP) is 4.61. The number of fused-ring (bicyclic) bond motifs is 1. The summed E-state index contributed by atoms with van der Waals surface area (Å²) < 4.78 is 0. The van der Waals surface area contributed by atoms with Crippen molar-refractivity contribution in [2.24, 2.45) is 0 Å². The Balaban J connectivity index is 1.30. The summed E-state index contributed by atoms with van der Waals surface area (Å²) in [6.45, 7) is 5.83. The van der Waals surface area contributed by atoms with Gasteiger partial charge < -0.3 is 25.8 Å². The highest BCUT2D eigenvalue weighted by atomic mass is 16.2. The van der Waals surface area contributed by atoms with Crippen LogP contribution >= 0.6 is 0 Å². The molecule has 0 aliphatic carbocycles. The minimum absolute atomic E-state index is 0.0466.